The van der Waals surface area contributed by atoms with Gasteiger partial charge in [-0.25, -0.2) is 4.79 Å². The highest BCUT2D eigenvalue weighted by atomic mass is 35.5. The Balaban J connectivity index is 1.41. The van der Waals surface area contributed by atoms with E-state index in [-0.39, 0.29) is 23.2 Å². The Morgan fingerprint density at radius 2 is 1.85 bits per heavy atom. The van der Waals surface area contributed by atoms with Crippen LogP contribution in [0.4, 0.5) is 5.69 Å². The second-order valence-electron chi connectivity index (χ2n) is 7.01. The summed E-state index contributed by atoms with van der Waals surface area (Å²) in [5.74, 6) is -1.63. The van der Waals surface area contributed by atoms with Crippen LogP contribution in [0.25, 0.3) is 0 Å². The molecule has 1 N–H and O–H groups in total. The molecule has 3 amide bonds. The number of imide groups is 1. The molecule has 0 saturated carbocycles. The van der Waals surface area contributed by atoms with Gasteiger partial charge in [0.1, 0.15) is 11.5 Å². The van der Waals surface area contributed by atoms with Gasteiger partial charge in [0, 0.05) is 5.02 Å². The number of halogens is 1. The van der Waals surface area contributed by atoms with Crippen LogP contribution in [0.1, 0.15) is 36.8 Å². The number of fused-ring (bicyclic) bond motifs is 1. The summed E-state index contributed by atoms with van der Waals surface area (Å²) in [5.41, 5.74) is 0.607. The molecule has 168 valence electrons. The average Bonchev–Trinajstić information content (AvgIpc) is 3.40. The third-order valence-corrected chi connectivity index (χ3v) is 5.11. The van der Waals surface area contributed by atoms with Crippen LogP contribution in [-0.2, 0) is 16.1 Å². The van der Waals surface area contributed by atoms with Crippen LogP contribution in [0, 0.1) is 0 Å². The van der Waals surface area contributed by atoms with Crippen molar-refractivity contribution in [2.24, 2.45) is 0 Å². The van der Waals surface area contributed by atoms with Crippen LogP contribution in [0.2, 0.25) is 5.02 Å². The van der Waals surface area contributed by atoms with Crippen molar-refractivity contribution in [3.63, 3.8) is 0 Å². The summed E-state index contributed by atoms with van der Waals surface area (Å²) >= 11 is 5.93. The standard InChI is InChI=1S/C23H17ClN2O7/c1-31-19-7-5-14(24)10-18(19)25-20(27)12-33-23(30)13-4-6-16-17(9-13)22(29)26(21(16)28)11-15-3-2-8-32-15/h2-10H,11-12H2,1H3,(H,25,27). The Kier molecular flexibility index (Phi) is 6.14. The molecule has 1 aliphatic heterocycles. The molecule has 0 aliphatic carbocycles. The lowest BCUT2D eigenvalue weighted by Crippen LogP contribution is -2.28. The number of nitrogens with one attached hydrogen (secondary N) is 1. The van der Waals surface area contributed by atoms with Gasteiger partial charge in [-0.3, -0.25) is 19.3 Å². The van der Waals surface area contributed by atoms with Gasteiger partial charge in [-0.2, -0.15) is 0 Å². The summed E-state index contributed by atoms with van der Waals surface area (Å²) in [7, 11) is 1.44. The van der Waals surface area contributed by atoms with E-state index in [4.69, 9.17) is 25.5 Å². The van der Waals surface area contributed by atoms with E-state index in [1.165, 1.54) is 37.6 Å². The van der Waals surface area contributed by atoms with Gasteiger partial charge in [-0.1, -0.05) is 11.6 Å². The Bertz CT molecular complexity index is 1250. The number of carbonyl (C=O) groups excluding carboxylic acids is 4. The van der Waals surface area contributed by atoms with E-state index >= 15 is 0 Å². The van der Waals surface area contributed by atoms with Crippen molar-refractivity contribution in [2.75, 3.05) is 19.0 Å². The van der Waals surface area contributed by atoms with Crippen molar-refractivity contribution in [1.29, 1.82) is 0 Å². The van der Waals surface area contributed by atoms with E-state index in [2.05, 4.69) is 5.32 Å². The number of ether oxygens (including phenoxy) is 2. The number of nitrogens with zero attached hydrogens (tertiary/aromatic N) is 1. The van der Waals surface area contributed by atoms with Crippen LogP contribution in [0.5, 0.6) is 5.75 Å². The quantitative estimate of drug-likeness (QED) is 0.416. The minimum absolute atomic E-state index is 0.0216. The Morgan fingerprint density at radius 3 is 2.58 bits per heavy atom. The van der Waals surface area contributed by atoms with E-state index < -0.39 is 30.3 Å². The summed E-state index contributed by atoms with van der Waals surface area (Å²) in [5, 5.41) is 2.94. The minimum Gasteiger partial charge on any atom is -0.495 e. The lowest BCUT2D eigenvalue weighted by molar-refractivity contribution is -0.119. The van der Waals surface area contributed by atoms with Gasteiger partial charge in [0.15, 0.2) is 6.61 Å². The lowest BCUT2D eigenvalue weighted by atomic mass is 10.1. The molecule has 0 unspecified atom stereocenters. The SMILES string of the molecule is COc1ccc(Cl)cc1NC(=O)COC(=O)c1ccc2c(c1)C(=O)N(Cc1ccco1)C2=O. The fourth-order valence-electron chi connectivity index (χ4n) is 3.30. The Morgan fingerprint density at radius 1 is 1.06 bits per heavy atom. The molecule has 33 heavy (non-hydrogen) atoms. The summed E-state index contributed by atoms with van der Waals surface area (Å²) in [6.07, 6.45) is 1.44. The highest BCUT2D eigenvalue weighted by Crippen LogP contribution is 2.28. The second kappa shape index (κ2) is 9.17. The molecule has 0 radical (unpaired) electrons. The third-order valence-electron chi connectivity index (χ3n) is 4.87. The average molecular weight is 469 g/mol. The van der Waals surface area contributed by atoms with Crippen molar-refractivity contribution in [3.05, 3.63) is 82.3 Å². The first-order valence-corrected chi connectivity index (χ1v) is 10.1. The topological polar surface area (TPSA) is 115 Å². The highest BCUT2D eigenvalue weighted by molar-refractivity contribution is 6.31. The van der Waals surface area contributed by atoms with Crippen LogP contribution < -0.4 is 10.1 Å². The first-order chi connectivity index (χ1) is 15.9. The summed E-state index contributed by atoms with van der Waals surface area (Å²) < 4.78 is 15.4. The number of hydrogen-bond donors (Lipinski definition) is 1. The van der Waals surface area contributed by atoms with E-state index in [1.54, 1.807) is 24.3 Å². The van der Waals surface area contributed by atoms with Gasteiger partial charge in [0.05, 0.1) is 42.3 Å². The molecular weight excluding hydrogens is 452 g/mol. The van der Waals surface area contributed by atoms with Crippen molar-refractivity contribution in [2.45, 2.75) is 6.54 Å². The van der Waals surface area contributed by atoms with Crippen LogP contribution in [0.15, 0.2) is 59.2 Å². The number of amides is 3. The molecule has 0 saturated heterocycles. The molecule has 4 rings (SSSR count). The predicted octanol–water partition coefficient (Wildman–Crippen LogP) is 3.53. The molecule has 2 heterocycles. The van der Waals surface area contributed by atoms with Gasteiger partial charge in [0.25, 0.3) is 17.7 Å². The van der Waals surface area contributed by atoms with E-state index in [0.29, 0.717) is 22.2 Å². The van der Waals surface area contributed by atoms with E-state index in [1.807, 2.05) is 0 Å². The van der Waals surface area contributed by atoms with E-state index in [9.17, 15) is 19.2 Å². The maximum Gasteiger partial charge on any atom is 0.338 e. The molecule has 1 aliphatic rings. The molecule has 10 heteroatoms. The minimum atomic E-state index is -0.823. The maximum absolute atomic E-state index is 12.7. The zero-order chi connectivity index (χ0) is 23.5. The third kappa shape index (κ3) is 4.58. The molecule has 2 aromatic carbocycles. The lowest BCUT2D eigenvalue weighted by Gasteiger charge is -2.11. The molecule has 1 aromatic heterocycles. The number of rotatable bonds is 7. The molecule has 0 atom stereocenters. The van der Waals surface area contributed by atoms with Gasteiger partial charge < -0.3 is 19.2 Å². The summed E-state index contributed by atoms with van der Waals surface area (Å²) in [4.78, 5) is 50.9. The van der Waals surface area contributed by atoms with E-state index in [0.717, 1.165) is 4.90 Å². The number of esters is 1. The smallest absolute Gasteiger partial charge is 0.338 e. The van der Waals surface area contributed by atoms with Crippen LogP contribution in [-0.4, -0.2) is 42.3 Å². The van der Waals surface area contributed by atoms with Crippen molar-refractivity contribution >= 4 is 41.0 Å². The van der Waals surface area contributed by atoms with Gasteiger partial charge in [0.2, 0.25) is 0 Å². The Labute approximate surface area is 192 Å². The summed E-state index contributed by atoms with van der Waals surface area (Å²) in [6.45, 7) is -0.602. The van der Waals surface area contributed by atoms with Crippen molar-refractivity contribution in [3.8, 4) is 5.75 Å². The fraction of sp³-hybridized carbons (Fsp3) is 0.130. The largest absolute Gasteiger partial charge is 0.495 e. The molecule has 0 spiro atoms. The predicted molar refractivity (Wildman–Crippen MR) is 116 cm³/mol. The van der Waals surface area contributed by atoms with Gasteiger partial charge in [-0.15, -0.1) is 0 Å². The molecular formula is C23H17ClN2O7. The zero-order valence-electron chi connectivity index (χ0n) is 17.3. The van der Waals surface area contributed by atoms with Crippen LogP contribution >= 0.6 is 11.6 Å². The fourth-order valence-corrected chi connectivity index (χ4v) is 3.47. The molecule has 0 fully saturated rings. The van der Waals surface area contributed by atoms with Crippen molar-refractivity contribution < 1.29 is 33.1 Å². The first kappa shape index (κ1) is 22.1. The summed E-state index contributed by atoms with van der Waals surface area (Å²) in [6, 6.07) is 12.0. The first-order valence-electron chi connectivity index (χ1n) is 9.70. The number of hydrogen-bond acceptors (Lipinski definition) is 7. The molecule has 9 nitrogen and oxygen atoms in total. The van der Waals surface area contributed by atoms with Crippen molar-refractivity contribution in [1.82, 2.24) is 4.90 Å². The maximum atomic E-state index is 12.7. The number of anilines is 1. The highest BCUT2D eigenvalue weighted by Gasteiger charge is 2.36. The van der Waals surface area contributed by atoms with Crippen LogP contribution in [0.3, 0.4) is 0 Å². The number of furan rings is 1. The number of methoxy groups -OCH3 is 1. The second-order valence-corrected chi connectivity index (χ2v) is 7.44. The van der Waals surface area contributed by atoms with Gasteiger partial charge >= 0.3 is 5.97 Å². The molecule has 3 aromatic rings. The van der Waals surface area contributed by atoms with Gasteiger partial charge in [-0.05, 0) is 48.5 Å². The normalized spacial score (nSPS) is 12.5. The number of carbonyl (C=O) groups is 4. The number of benzene rings is 2. The zero-order valence-corrected chi connectivity index (χ0v) is 18.0. The molecule has 0 bridgehead atoms. The Hall–Kier alpha value is -4.11. The monoisotopic (exact) mass is 468 g/mol.